The average Bonchev–Trinajstić information content (AvgIpc) is 2.89. The number of sulfone groups is 1. The smallest absolute Gasteiger partial charge is 0.226 e. The Balaban J connectivity index is 1.55. The Labute approximate surface area is 210 Å². The fourth-order valence-electron chi connectivity index (χ4n) is 4.76. The quantitative estimate of drug-likeness (QED) is 0.507. The summed E-state index contributed by atoms with van der Waals surface area (Å²) in [6, 6.07) is 9.62. The monoisotopic (exact) mass is 513 g/mol. The summed E-state index contributed by atoms with van der Waals surface area (Å²) in [5.41, 5.74) is 2.78. The van der Waals surface area contributed by atoms with E-state index in [9.17, 15) is 13.5 Å². The molecule has 2 aliphatic rings. The van der Waals surface area contributed by atoms with Crippen LogP contribution in [0.4, 0.5) is 11.8 Å². The van der Waals surface area contributed by atoms with E-state index >= 15 is 0 Å². The molecule has 0 bridgehead atoms. The molecule has 2 fully saturated rings. The Hall–Kier alpha value is -3.02. The Bertz CT molecular complexity index is 1350. The Morgan fingerprint density at radius 3 is 2.69 bits per heavy atom. The highest BCUT2D eigenvalue weighted by Crippen LogP contribution is 2.31. The van der Waals surface area contributed by atoms with Crippen molar-refractivity contribution in [2.24, 2.45) is 0 Å². The molecule has 0 amide bonds. The minimum atomic E-state index is -2.96. The Kier molecular flexibility index (Phi) is 6.96. The number of hydrogen-bond donors (Lipinski definition) is 2. The minimum absolute atomic E-state index is 0.0159. The van der Waals surface area contributed by atoms with Crippen LogP contribution in [0.2, 0.25) is 0 Å². The van der Waals surface area contributed by atoms with Gasteiger partial charge in [0.25, 0.3) is 0 Å². The van der Waals surface area contributed by atoms with Gasteiger partial charge in [-0.15, -0.1) is 0 Å². The van der Waals surface area contributed by atoms with Gasteiger partial charge in [0, 0.05) is 23.7 Å². The first kappa shape index (κ1) is 24.7. The van der Waals surface area contributed by atoms with Gasteiger partial charge in [0.2, 0.25) is 5.95 Å². The zero-order valence-electron chi connectivity index (χ0n) is 20.5. The van der Waals surface area contributed by atoms with Gasteiger partial charge in [-0.25, -0.2) is 13.4 Å². The van der Waals surface area contributed by atoms with Gasteiger partial charge >= 0.3 is 0 Å². The van der Waals surface area contributed by atoms with Crippen LogP contribution in [0.3, 0.4) is 0 Å². The number of nitrogens with zero attached hydrogens (tertiary/aromatic N) is 4. The van der Waals surface area contributed by atoms with Crippen LogP contribution in [0.25, 0.3) is 22.3 Å². The highest BCUT2D eigenvalue weighted by molar-refractivity contribution is 7.91. The molecule has 2 N–H and O–H groups in total. The lowest BCUT2D eigenvalue weighted by Crippen LogP contribution is -2.44. The van der Waals surface area contributed by atoms with E-state index in [-0.39, 0.29) is 30.2 Å². The largest absolute Gasteiger partial charge is 0.496 e. The van der Waals surface area contributed by atoms with Gasteiger partial charge in [-0.05, 0) is 50.1 Å². The molecule has 2 saturated heterocycles. The van der Waals surface area contributed by atoms with Gasteiger partial charge in [0.15, 0.2) is 5.65 Å². The number of fused-ring (bicyclic) bond motifs is 1. The number of anilines is 2. The predicted molar refractivity (Wildman–Crippen MR) is 138 cm³/mol. The van der Waals surface area contributed by atoms with Crippen molar-refractivity contribution in [2.75, 3.05) is 48.6 Å². The van der Waals surface area contributed by atoms with E-state index in [0.29, 0.717) is 61.2 Å². The van der Waals surface area contributed by atoms with Crippen molar-refractivity contribution in [3.63, 3.8) is 0 Å². The SMILES string of the molecule is COc1ccc(-c2ccc3c(N4CCOC[C@@H]4C)nc(NC4CCS(=O)(=O)CC4)nc3n2)cc1CO. The Morgan fingerprint density at radius 1 is 1.17 bits per heavy atom. The minimum Gasteiger partial charge on any atom is -0.496 e. The van der Waals surface area contributed by atoms with E-state index in [1.165, 1.54) is 0 Å². The topological polar surface area (TPSA) is 127 Å². The summed E-state index contributed by atoms with van der Waals surface area (Å²) in [5.74, 6) is 2.17. The summed E-state index contributed by atoms with van der Waals surface area (Å²) in [7, 11) is -1.39. The maximum absolute atomic E-state index is 11.9. The van der Waals surface area contributed by atoms with Crippen LogP contribution < -0.4 is 15.0 Å². The molecule has 192 valence electrons. The van der Waals surface area contributed by atoms with Crippen molar-refractivity contribution in [3.8, 4) is 17.0 Å². The molecule has 0 aliphatic carbocycles. The van der Waals surface area contributed by atoms with Gasteiger partial charge in [-0.3, -0.25) is 0 Å². The number of aromatic nitrogens is 3. The number of aliphatic hydroxyl groups is 1. The number of hydrogen-bond acceptors (Lipinski definition) is 10. The number of pyridine rings is 1. The highest BCUT2D eigenvalue weighted by atomic mass is 32.2. The van der Waals surface area contributed by atoms with Crippen LogP contribution in [0.1, 0.15) is 25.3 Å². The summed E-state index contributed by atoms with van der Waals surface area (Å²) in [6.45, 7) is 3.88. The van der Waals surface area contributed by atoms with E-state index in [0.717, 1.165) is 16.8 Å². The molecule has 0 spiro atoms. The van der Waals surface area contributed by atoms with Crippen molar-refractivity contribution >= 4 is 32.6 Å². The van der Waals surface area contributed by atoms with Crippen LogP contribution >= 0.6 is 0 Å². The summed E-state index contributed by atoms with van der Waals surface area (Å²) in [5, 5.41) is 13.9. The van der Waals surface area contributed by atoms with Gasteiger partial charge in [-0.1, -0.05) is 0 Å². The molecule has 5 rings (SSSR count). The van der Waals surface area contributed by atoms with Gasteiger partial charge in [0.1, 0.15) is 21.4 Å². The molecule has 4 heterocycles. The van der Waals surface area contributed by atoms with Crippen molar-refractivity contribution in [1.29, 1.82) is 0 Å². The first-order valence-electron chi connectivity index (χ1n) is 12.1. The molecule has 0 unspecified atom stereocenters. The molecular formula is C25H31N5O5S. The molecule has 1 aromatic carbocycles. The normalized spacial score (nSPS) is 20.4. The van der Waals surface area contributed by atoms with E-state index in [2.05, 4.69) is 17.1 Å². The zero-order chi connectivity index (χ0) is 25.3. The zero-order valence-corrected chi connectivity index (χ0v) is 21.3. The second-order valence-electron chi connectivity index (χ2n) is 9.31. The van der Waals surface area contributed by atoms with E-state index in [1.54, 1.807) is 7.11 Å². The molecule has 36 heavy (non-hydrogen) atoms. The standard InChI is InChI=1S/C25H31N5O5S/c1-16-15-35-10-9-30(16)24-20-4-5-21(17-3-6-22(34-2)18(13-17)14-31)27-23(20)28-25(29-24)26-19-7-11-36(32,33)12-8-19/h3-6,13,16,19,31H,7-12,14-15H2,1-2H3,(H,26,27,28,29)/t16-/m0/s1. The maximum atomic E-state index is 11.9. The van der Waals surface area contributed by atoms with E-state index < -0.39 is 9.84 Å². The lowest BCUT2D eigenvalue weighted by molar-refractivity contribution is 0.0987. The fraction of sp³-hybridized carbons (Fsp3) is 0.480. The lowest BCUT2D eigenvalue weighted by atomic mass is 10.1. The maximum Gasteiger partial charge on any atom is 0.226 e. The first-order chi connectivity index (χ1) is 17.4. The van der Waals surface area contributed by atoms with Gasteiger partial charge in [0.05, 0.1) is 55.6 Å². The van der Waals surface area contributed by atoms with E-state index in [1.807, 2.05) is 30.3 Å². The van der Waals surface area contributed by atoms with Crippen molar-refractivity contribution in [1.82, 2.24) is 15.0 Å². The van der Waals surface area contributed by atoms with Crippen LogP contribution in [0.15, 0.2) is 30.3 Å². The van der Waals surface area contributed by atoms with Crippen molar-refractivity contribution in [3.05, 3.63) is 35.9 Å². The fourth-order valence-corrected chi connectivity index (χ4v) is 6.25. The number of methoxy groups -OCH3 is 1. The summed E-state index contributed by atoms with van der Waals surface area (Å²) in [4.78, 5) is 16.7. The molecule has 1 atom stereocenters. The second-order valence-corrected chi connectivity index (χ2v) is 11.6. The molecule has 0 radical (unpaired) electrons. The number of benzene rings is 1. The third-order valence-corrected chi connectivity index (χ3v) is 8.53. The third kappa shape index (κ3) is 5.09. The van der Waals surface area contributed by atoms with Crippen LogP contribution in [-0.2, 0) is 21.2 Å². The number of nitrogens with one attached hydrogen (secondary N) is 1. The summed E-state index contributed by atoms with van der Waals surface area (Å²) >= 11 is 0. The first-order valence-corrected chi connectivity index (χ1v) is 14.0. The summed E-state index contributed by atoms with van der Waals surface area (Å²) < 4.78 is 34.7. The number of morpholine rings is 1. The number of rotatable bonds is 6. The van der Waals surface area contributed by atoms with Gasteiger partial charge < -0.3 is 24.8 Å². The van der Waals surface area contributed by atoms with Crippen LogP contribution in [0, 0.1) is 0 Å². The van der Waals surface area contributed by atoms with Crippen molar-refractivity contribution < 1.29 is 23.0 Å². The number of ether oxygens (including phenoxy) is 2. The molecular weight excluding hydrogens is 482 g/mol. The van der Waals surface area contributed by atoms with Crippen LogP contribution in [-0.4, -0.2) is 78.9 Å². The molecule has 10 nitrogen and oxygen atoms in total. The van der Waals surface area contributed by atoms with Crippen molar-refractivity contribution in [2.45, 2.75) is 38.5 Å². The highest BCUT2D eigenvalue weighted by Gasteiger charge is 2.27. The van der Waals surface area contributed by atoms with E-state index in [4.69, 9.17) is 24.4 Å². The molecule has 2 aromatic heterocycles. The molecule has 3 aromatic rings. The average molecular weight is 514 g/mol. The molecule has 2 aliphatic heterocycles. The third-order valence-electron chi connectivity index (χ3n) is 6.81. The predicted octanol–water partition coefficient (Wildman–Crippen LogP) is 2.41. The Morgan fingerprint density at radius 2 is 1.97 bits per heavy atom. The lowest BCUT2D eigenvalue weighted by Gasteiger charge is -2.35. The van der Waals surface area contributed by atoms with Crippen LogP contribution in [0.5, 0.6) is 5.75 Å². The summed E-state index contributed by atoms with van der Waals surface area (Å²) in [6.07, 6.45) is 1.05. The van der Waals surface area contributed by atoms with Gasteiger partial charge in [-0.2, -0.15) is 9.97 Å². The second kappa shape index (κ2) is 10.2. The number of aliphatic hydroxyl groups excluding tert-OH is 1. The molecule has 0 saturated carbocycles. The molecule has 11 heteroatoms.